The van der Waals surface area contributed by atoms with Crippen LogP contribution < -0.4 is 10.6 Å². The molecular formula is C22H15ClF3N5. The molecule has 31 heavy (non-hydrogen) atoms. The Hall–Kier alpha value is -3.75. The van der Waals surface area contributed by atoms with Crippen LogP contribution in [0.3, 0.4) is 0 Å². The van der Waals surface area contributed by atoms with Gasteiger partial charge in [-0.1, -0.05) is 29.8 Å². The first kappa shape index (κ1) is 21.9. The lowest BCUT2D eigenvalue weighted by Crippen LogP contribution is -2.09. The molecule has 0 bridgehead atoms. The smallest absolute Gasteiger partial charge is 0.383 e. The van der Waals surface area contributed by atoms with Gasteiger partial charge in [-0.3, -0.25) is 0 Å². The number of halogens is 4. The normalized spacial score (nSPS) is 11.0. The summed E-state index contributed by atoms with van der Waals surface area (Å²) in [4.78, 5) is 6.11. The maximum absolute atomic E-state index is 13.1. The highest BCUT2D eigenvalue weighted by Gasteiger charge is 2.33. The summed E-state index contributed by atoms with van der Waals surface area (Å²) in [7, 11) is 3.70. The Labute approximate surface area is 181 Å². The Balaban J connectivity index is 2.34. The van der Waals surface area contributed by atoms with Gasteiger partial charge in [-0.2, -0.15) is 23.7 Å². The van der Waals surface area contributed by atoms with Crippen LogP contribution in [0.4, 0.5) is 24.7 Å². The van der Waals surface area contributed by atoms with Crippen molar-refractivity contribution in [2.75, 3.05) is 24.7 Å². The fourth-order valence-electron chi connectivity index (χ4n) is 3.16. The Kier molecular flexibility index (Phi) is 5.79. The van der Waals surface area contributed by atoms with E-state index in [4.69, 9.17) is 17.3 Å². The van der Waals surface area contributed by atoms with Gasteiger partial charge in [-0.05, 0) is 29.8 Å². The Morgan fingerprint density at radius 3 is 2.23 bits per heavy atom. The van der Waals surface area contributed by atoms with E-state index in [1.54, 1.807) is 18.2 Å². The molecule has 9 heteroatoms. The Morgan fingerprint density at radius 2 is 1.68 bits per heavy atom. The third-order valence-corrected chi connectivity index (χ3v) is 4.96. The quantitative estimate of drug-likeness (QED) is 0.581. The molecule has 0 atom stereocenters. The first-order valence-electron chi connectivity index (χ1n) is 8.87. The molecule has 0 saturated heterocycles. The molecule has 0 fully saturated rings. The summed E-state index contributed by atoms with van der Waals surface area (Å²) in [5.41, 5.74) is 6.74. The molecular weight excluding hydrogens is 427 g/mol. The number of anilines is 2. The van der Waals surface area contributed by atoms with Gasteiger partial charge in [-0.15, -0.1) is 0 Å². The van der Waals surface area contributed by atoms with Crippen LogP contribution in [0.1, 0.15) is 16.7 Å². The molecule has 3 aromatic rings. The lowest BCUT2D eigenvalue weighted by atomic mass is 9.92. The molecule has 2 aromatic carbocycles. The molecule has 3 rings (SSSR count). The predicted molar refractivity (Wildman–Crippen MR) is 113 cm³/mol. The van der Waals surface area contributed by atoms with E-state index in [-0.39, 0.29) is 33.8 Å². The Morgan fingerprint density at radius 1 is 1.00 bits per heavy atom. The van der Waals surface area contributed by atoms with Crippen molar-refractivity contribution in [1.29, 1.82) is 10.5 Å². The molecule has 0 unspecified atom stereocenters. The van der Waals surface area contributed by atoms with Gasteiger partial charge < -0.3 is 10.6 Å². The van der Waals surface area contributed by atoms with Crippen LogP contribution in [0.15, 0.2) is 42.5 Å². The number of aromatic nitrogens is 1. The molecule has 0 aliphatic carbocycles. The Bertz CT molecular complexity index is 1250. The van der Waals surface area contributed by atoms with Crippen LogP contribution in [0.5, 0.6) is 0 Å². The number of nitriles is 2. The lowest BCUT2D eigenvalue weighted by molar-refractivity contribution is -0.137. The number of nitrogen functional groups attached to an aromatic ring is 1. The van der Waals surface area contributed by atoms with E-state index in [0.717, 1.165) is 23.9 Å². The third-order valence-electron chi connectivity index (χ3n) is 4.65. The van der Waals surface area contributed by atoms with Gasteiger partial charge in [0.1, 0.15) is 23.5 Å². The SMILES string of the molecule is CN(C)c1cccc(-c2nc(N)c(C#N)c(-c3ccc(C(F)(F)F)c(Cl)c3)c2C#N)c1. The molecule has 1 heterocycles. The first-order chi connectivity index (χ1) is 14.6. The topological polar surface area (TPSA) is 89.7 Å². The fourth-order valence-corrected chi connectivity index (χ4v) is 3.44. The van der Waals surface area contributed by atoms with Crippen molar-refractivity contribution in [2.24, 2.45) is 0 Å². The van der Waals surface area contributed by atoms with E-state index in [1.165, 1.54) is 0 Å². The number of hydrogen-bond acceptors (Lipinski definition) is 5. The monoisotopic (exact) mass is 441 g/mol. The van der Waals surface area contributed by atoms with Gasteiger partial charge in [0, 0.05) is 30.9 Å². The molecule has 0 aliphatic rings. The standard InChI is InChI=1S/C22H15ClF3N5/c1-31(2)14-5-3-4-13(8-14)20-15(10-27)19(16(11-28)21(29)30-20)12-6-7-17(18(23)9-12)22(24,25)26/h3-9H,1-2H3,(H2,29,30). The predicted octanol–water partition coefficient (Wildman–Crippen LogP) is 5.48. The zero-order valence-corrected chi connectivity index (χ0v) is 17.2. The second-order valence-electron chi connectivity index (χ2n) is 6.83. The largest absolute Gasteiger partial charge is 0.417 e. The van der Waals surface area contributed by atoms with Crippen LogP contribution in [0.2, 0.25) is 5.02 Å². The minimum atomic E-state index is -4.64. The molecule has 0 saturated carbocycles. The minimum absolute atomic E-state index is 0.0116. The van der Waals surface area contributed by atoms with Crippen molar-refractivity contribution in [1.82, 2.24) is 4.98 Å². The fraction of sp³-hybridized carbons (Fsp3) is 0.136. The molecule has 0 spiro atoms. The first-order valence-corrected chi connectivity index (χ1v) is 9.24. The molecule has 0 aliphatic heterocycles. The second-order valence-corrected chi connectivity index (χ2v) is 7.24. The van der Waals surface area contributed by atoms with Crippen molar-refractivity contribution in [3.63, 3.8) is 0 Å². The molecule has 0 amide bonds. The highest BCUT2D eigenvalue weighted by molar-refractivity contribution is 6.31. The lowest BCUT2D eigenvalue weighted by Gasteiger charge is -2.17. The number of rotatable bonds is 3. The number of alkyl halides is 3. The zero-order valence-electron chi connectivity index (χ0n) is 16.4. The van der Waals surface area contributed by atoms with E-state index in [9.17, 15) is 23.7 Å². The van der Waals surface area contributed by atoms with Gasteiger partial charge in [-0.25, -0.2) is 4.98 Å². The summed E-state index contributed by atoms with van der Waals surface area (Å²) in [6, 6.07) is 14.1. The maximum atomic E-state index is 13.1. The maximum Gasteiger partial charge on any atom is 0.417 e. The van der Waals surface area contributed by atoms with E-state index in [0.29, 0.717) is 5.56 Å². The van der Waals surface area contributed by atoms with Gasteiger partial charge in [0.05, 0.1) is 21.8 Å². The summed E-state index contributed by atoms with van der Waals surface area (Å²) in [5, 5.41) is 19.0. The van der Waals surface area contributed by atoms with E-state index in [1.807, 2.05) is 37.2 Å². The van der Waals surface area contributed by atoms with Crippen molar-refractivity contribution < 1.29 is 13.2 Å². The number of nitrogens with zero attached hydrogens (tertiary/aromatic N) is 4. The molecule has 0 radical (unpaired) electrons. The summed E-state index contributed by atoms with van der Waals surface area (Å²) < 4.78 is 39.3. The van der Waals surface area contributed by atoms with Crippen LogP contribution >= 0.6 is 11.6 Å². The van der Waals surface area contributed by atoms with Gasteiger partial charge in [0.25, 0.3) is 0 Å². The number of nitrogens with two attached hydrogens (primary N) is 1. The van der Waals surface area contributed by atoms with Crippen molar-refractivity contribution in [3.8, 4) is 34.5 Å². The molecule has 1 aromatic heterocycles. The zero-order chi connectivity index (χ0) is 22.9. The van der Waals surface area contributed by atoms with Crippen LogP contribution in [0.25, 0.3) is 22.4 Å². The van der Waals surface area contributed by atoms with Crippen LogP contribution in [0, 0.1) is 22.7 Å². The molecule has 156 valence electrons. The average molecular weight is 442 g/mol. The van der Waals surface area contributed by atoms with E-state index in [2.05, 4.69) is 4.98 Å². The second kappa shape index (κ2) is 8.17. The third kappa shape index (κ3) is 4.11. The van der Waals surface area contributed by atoms with Crippen molar-refractivity contribution >= 4 is 23.1 Å². The number of hydrogen-bond donors (Lipinski definition) is 1. The number of pyridine rings is 1. The number of benzene rings is 2. The molecule has 2 N–H and O–H groups in total. The van der Waals surface area contributed by atoms with Gasteiger partial charge in [0.15, 0.2) is 0 Å². The van der Waals surface area contributed by atoms with Crippen molar-refractivity contribution in [3.05, 3.63) is 64.2 Å². The summed E-state index contributed by atoms with van der Waals surface area (Å²) in [5.74, 6) is -0.141. The van der Waals surface area contributed by atoms with Crippen LogP contribution in [-0.4, -0.2) is 19.1 Å². The van der Waals surface area contributed by atoms with E-state index >= 15 is 0 Å². The average Bonchev–Trinajstić information content (AvgIpc) is 2.71. The van der Waals surface area contributed by atoms with Gasteiger partial charge >= 0.3 is 6.18 Å². The summed E-state index contributed by atoms with van der Waals surface area (Å²) in [6.07, 6.45) is -4.64. The summed E-state index contributed by atoms with van der Waals surface area (Å²) in [6.45, 7) is 0. The van der Waals surface area contributed by atoms with E-state index < -0.39 is 16.8 Å². The highest BCUT2D eigenvalue weighted by Crippen LogP contribution is 2.40. The van der Waals surface area contributed by atoms with Crippen LogP contribution in [-0.2, 0) is 6.18 Å². The van der Waals surface area contributed by atoms with Gasteiger partial charge in [0.2, 0.25) is 0 Å². The molecule has 5 nitrogen and oxygen atoms in total. The summed E-state index contributed by atoms with van der Waals surface area (Å²) >= 11 is 5.87. The van der Waals surface area contributed by atoms with Crippen molar-refractivity contribution in [2.45, 2.75) is 6.18 Å². The highest BCUT2D eigenvalue weighted by atomic mass is 35.5. The minimum Gasteiger partial charge on any atom is -0.383 e.